The maximum Gasteiger partial charge on any atom is 0.177 e. The Morgan fingerprint density at radius 1 is 0.824 bits per heavy atom. The first-order valence-corrected chi connectivity index (χ1v) is 11.7. The molecular weight excluding hydrogens is 422 g/mol. The summed E-state index contributed by atoms with van der Waals surface area (Å²) >= 11 is 0. The summed E-state index contributed by atoms with van der Waals surface area (Å²) in [6.07, 6.45) is 3.89. The fourth-order valence-electron chi connectivity index (χ4n) is 4.25. The van der Waals surface area contributed by atoms with Crippen molar-refractivity contribution in [1.82, 2.24) is 25.6 Å². The lowest BCUT2D eigenvalue weighted by molar-refractivity contribution is 0.301. The van der Waals surface area contributed by atoms with Crippen LogP contribution in [0, 0.1) is 0 Å². The Morgan fingerprint density at radius 2 is 1.68 bits per heavy atom. The van der Waals surface area contributed by atoms with Gasteiger partial charge in [0.15, 0.2) is 5.82 Å². The van der Waals surface area contributed by atoms with Crippen LogP contribution in [0.5, 0.6) is 5.75 Å². The minimum atomic E-state index is 0.236. The van der Waals surface area contributed by atoms with E-state index in [-0.39, 0.29) is 5.92 Å². The Balaban J connectivity index is 1.17. The lowest BCUT2D eigenvalue weighted by atomic mass is 9.92. The van der Waals surface area contributed by atoms with Crippen LogP contribution in [0.25, 0.3) is 10.9 Å². The standard InChI is InChI=1S/C28H27N5O/c1-2-8-21(9-3-1)18-24(28-30-32-33-31-28)13-6-10-22-11-7-14-26(19-22)34-20-25-17-16-23-12-4-5-15-27(23)29-25/h1-5,7-9,11-12,14-17,19,24H,6,10,13,18,20H2,(H,30,31,32,33). The highest BCUT2D eigenvalue weighted by atomic mass is 16.5. The molecule has 34 heavy (non-hydrogen) atoms. The normalized spacial score (nSPS) is 12.0. The molecule has 5 rings (SSSR count). The van der Waals surface area contributed by atoms with Crippen LogP contribution in [0.2, 0.25) is 0 Å². The van der Waals surface area contributed by atoms with Crippen molar-refractivity contribution >= 4 is 10.9 Å². The maximum absolute atomic E-state index is 6.05. The van der Waals surface area contributed by atoms with Gasteiger partial charge in [-0.2, -0.15) is 5.21 Å². The molecule has 6 heteroatoms. The second-order valence-corrected chi connectivity index (χ2v) is 8.48. The molecule has 0 aliphatic carbocycles. The van der Waals surface area contributed by atoms with E-state index in [4.69, 9.17) is 9.72 Å². The smallest absolute Gasteiger partial charge is 0.177 e. The Labute approximate surface area is 199 Å². The molecule has 1 N–H and O–H groups in total. The molecule has 0 bridgehead atoms. The van der Waals surface area contributed by atoms with Gasteiger partial charge < -0.3 is 4.74 Å². The molecule has 170 valence electrons. The van der Waals surface area contributed by atoms with E-state index in [2.05, 4.69) is 75.2 Å². The molecule has 0 radical (unpaired) electrons. The van der Waals surface area contributed by atoms with Crippen LogP contribution >= 0.6 is 0 Å². The Bertz CT molecular complexity index is 1320. The van der Waals surface area contributed by atoms with Gasteiger partial charge >= 0.3 is 0 Å². The van der Waals surface area contributed by atoms with Gasteiger partial charge in [0.1, 0.15) is 12.4 Å². The fraction of sp³-hybridized carbons (Fsp3) is 0.214. The summed E-state index contributed by atoms with van der Waals surface area (Å²) in [6, 6.07) is 31.1. The number of tetrazole rings is 1. The average molecular weight is 450 g/mol. The summed E-state index contributed by atoms with van der Waals surface area (Å²) in [5.41, 5.74) is 4.46. The second-order valence-electron chi connectivity index (χ2n) is 8.48. The van der Waals surface area contributed by atoms with Crippen LogP contribution in [0.3, 0.4) is 0 Å². The van der Waals surface area contributed by atoms with Gasteiger partial charge in [-0.3, -0.25) is 0 Å². The monoisotopic (exact) mass is 449 g/mol. The van der Waals surface area contributed by atoms with Crippen molar-refractivity contribution in [2.45, 2.75) is 38.2 Å². The van der Waals surface area contributed by atoms with E-state index in [9.17, 15) is 0 Å². The number of hydrogen-bond donors (Lipinski definition) is 1. The Kier molecular flexibility index (Phi) is 6.85. The molecule has 0 aliphatic heterocycles. The number of H-pyrrole nitrogens is 1. The number of nitrogens with zero attached hydrogens (tertiary/aromatic N) is 4. The number of rotatable bonds is 10. The van der Waals surface area contributed by atoms with E-state index in [0.29, 0.717) is 6.61 Å². The van der Waals surface area contributed by atoms with Crippen molar-refractivity contribution in [1.29, 1.82) is 0 Å². The highest BCUT2D eigenvalue weighted by Crippen LogP contribution is 2.24. The highest BCUT2D eigenvalue weighted by Gasteiger charge is 2.17. The molecule has 3 aromatic carbocycles. The third-order valence-electron chi connectivity index (χ3n) is 6.01. The lowest BCUT2D eigenvalue weighted by Crippen LogP contribution is -2.06. The average Bonchev–Trinajstić information content (AvgIpc) is 3.43. The molecule has 0 saturated heterocycles. The van der Waals surface area contributed by atoms with E-state index in [1.807, 2.05) is 36.4 Å². The lowest BCUT2D eigenvalue weighted by Gasteiger charge is -2.14. The molecule has 1 atom stereocenters. The van der Waals surface area contributed by atoms with E-state index in [0.717, 1.165) is 53.9 Å². The first-order chi connectivity index (χ1) is 16.8. The van der Waals surface area contributed by atoms with Gasteiger partial charge in [-0.1, -0.05) is 71.9 Å². The van der Waals surface area contributed by atoms with Crippen molar-refractivity contribution in [3.63, 3.8) is 0 Å². The Hall–Kier alpha value is -4.06. The van der Waals surface area contributed by atoms with Gasteiger partial charge in [-0.25, -0.2) is 4.98 Å². The summed E-state index contributed by atoms with van der Waals surface area (Å²) in [7, 11) is 0. The van der Waals surface area contributed by atoms with Gasteiger partial charge in [0.25, 0.3) is 0 Å². The summed E-state index contributed by atoms with van der Waals surface area (Å²) in [5.74, 6) is 1.88. The van der Waals surface area contributed by atoms with Gasteiger partial charge in [-0.05, 0) is 61.1 Å². The van der Waals surface area contributed by atoms with Crippen molar-refractivity contribution in [3.8, 4) is 5.75 Å². The van der Waals surface area contributed by atoms with E-state index in [1.165, 1.54) is 11.1 Å². The number of aromatic nitrogens is 5. The van der Waals surface area contributed by atoms with E-state index >= 15 is 0 Å². The minimum absolute atomic E-state index is 0.236. The number of benzene rings is 3. The van der Waals surface area contributed by atoms with Crippen LogP contribution in [0.15, 0.2) is 91.0 Å². The maximum atomic E-state index is 6.05. The molecular formula is C28H27N5O. The predicted octanol–water partition coefficient (Wildman–Crippen LogP) is 5.68. The summed E-state index contributed by atoms with van der Waals surface area (Å²) in [6.45, 7) is 0.450. The number of ether oxygens (including phenoxy) is 1. The molecule has 1 unspecified atom stereocenters. The quantitative estimate of drug-likeness (QED) is 0.297. The Morgan fingerprint density at radius 3 is 2.56 bits per heavy atom. The van der Waals surface area contributed by atoms with Crippen molar-refractivity contribution in [2.24, 2.45) is 0 Å². The minimum Gasteiger partial charge on any atom is -0.487 e. The van der Waals surface area contributed by atoms with Gasteiger partial charge in [0, 0.05) is 11.3 Å². The van der Waals surface area contributed by atoms with Gasteiger partial charge in [0.05, 0.1) is 11.2 Å². The van der Waals surface area contributed by atoms with Crippen LogP contribution in [-0.2, 0) is 19.4 Å². The van der Waals surface area contributed by atoms with Crippen LogP contribution in [0.4, 0.5) is 0 Å². The number of aromatic amines is 1. The number of hydrogen-bond acceptors (Lipinski definition) is 5. The van der Waals surface area contributed by atoms with Gasteiger partial charge in [-0.15, -0.1) is 10.2 Å². The zero-order valence-electron chi connectivity index (χ0n) is 19.0. The highest BCUT2D eigenvalue weighted by molar-refractivity contribution is 5.78. The number of nitrogens with one attached hydrogen (secondary N) is 1. The molecule has 2 heterocycles. The number of aryl methyl sites for hydroxylation is 1. The second kappa shape index (κ2) is 10.7. The SMILES string of the molecule is c1ccc(CC(CCCc2cccc(OCc3ccc4ccccc4n3)c2)c2nn[nH]n2)cc1. The van der Waals surface area contributed by atoms with Crippen LogP contribution in [0.1, 0.15) is 41.4 Å². The molecule has 0 fully saturated rings. The zero-order valence-corrected chi connectivity index (χ0v) is 19.0. The topological polar surface area (TPSA) is 76.6 Å². The van der Waals surface area contributed by atoms with Crippen LogP contribution < -0.4 is 4.74 Å². The predicted molar refractivity (Wildman–Crippen MR) is 133 cm³/mol. The third-order valence-corrected chi connectivity index (χ3v) is 6.01. The summed E-state index contributed by atoms with van der Waals surface area (Å²) in [5, 5.41) is 16.0. The van der Waals surface area contributed by atoms with Crippen LogP contribution in [-0.4, -0.2) is 25.6 Å². The number of fused-ring (bicyclic) bond motifs is 1. The summed E-state index contributed by atoms with van der Waals surface area (Å²) < 4.78 is 6.05. The first-order valence-electron chi connectivity index (χ1n) is 11.7. The zero-order chi connectivity index (χ0) is 23.0. The third kappa shape index (κ3) is 5.64. The molecule has 0 spiro atoms. The van der Waals surface area contributed by atoms with Crippen molar-refractivity contribution in [3.05, 3.63) is 114 Å². The van der Waals surface area contributed by atoms with E-state index < -0.39 is 0 Å². The number of para-hydroxylation sites is 1. The molecule has 0 amide bonds. The summed E-state index contributed by atoms with van der Waals surface area (Å²) in [4.78, 5) is 4.70. The van der Waals surface area contributed by atoms with Crippen molar-refractivity contribution < 1.29 is 4.74 Å². The number of pyridine rings is 1. The molecule has 0 saturated carbocycles. The van der Waals surface area contributed by atoms with Crippen molar-refractivity contribution in [2.75, 3.05) is 0 Å². The van der Waals surface area contributed by atoms with Gasteiger partial charge in [0.2, 0.25) is 0 Å². The first kappa shape index (κ1) is 21.8. The molecule has 5 aromatic rings. The molecule has 2 aromatic heterocycles. The molecule has 6 nitrogen and oxygen atoms in total. The fourth-order valence-corrected chi connectivity index (χ4v) is 4.25. The largest absolute Gasteiger partial charge is 0.487 e. The van der Waals surface area contributed by atoms with E-state index in [1.54, 1.807) is 0 Å². The molecule has 0 aliphatic rings.